The predicted molar refractivity (Wildman–Crippen MR) is 147 cm³/mol. The Hall–Kier alpha value is -4.07. The van der Waals surface area contributed by atoms with E-state index in [1.165, 1.54) is 13.0 Å². The van der Waals surface area contributed by atoms with Crippen LogP contribution in [0.1, 0.15) is 29.8 Å². The normalized spacial score (nSPS) is 23.4. The van der Waals surface area contributed by atoms with Crippen molar-refractivity contribution in [2.45, 2.75) is 50.4 Å². The number of aliphatic hydroxyl groups is 2. The number of aromatic nitrogens is 2. The van der Waals surface area contributed by atoms with Gasteiger partial charge in [0.25, 0.3) is 15.9 Å². The highest BCUT2D eigenvalue weighted by Crippen LogP contribution is 2.48. The van der Waals surface area contributed by atoms with Crippen LogP contribution in [0.5, 0.6) is 0 Å². The molecular weight excluding hydrogens is 564 g/mol. The summed E-state index contributed by atoms with van der Waals surface area (Å²) in [5.74, 6) is -4.08. The molecule has 0 radical (unpaired) electrons. The number of carboxylic acids is 1. The summed E-state index contributed by atoms with van der Waals surface area (Å²) in [6, 6.07) is 7.64. The number of benzene rings is 2. The maximum Gasteiger partial charge on any atom is 0.352 e. The molecular formula is C29H31N4O8S+. The number of carbonyl (C=O) groups is 3. The predicted octanol–water partition coefficient (Wildman–Crippen LogP) is 0.505. The Morgan fingerprint density at radius 3 is 2.62 bits per heavy atom. The van der Waals surface area contributed by atoms with E-state index >= 15 is 0 Å². The van der Waals surface area contributed by atoms with Gasteiger partial charge in [-0.3, -0.25) is 9.59 Å². The van der Waals surface area contributed by atoms with Crippen LogP contribution in [0.2, 0.25) is 0 Å². The molecule has 42 heavy (non-hydrogen) atoms. The summed E-state index contributed by atoms with van der Waals surface area (Å²) >= 11 is 0. The van der Waals surface area contributed by atoms with Crippen molar-refractivity contribution < 1.29 is 42.7 Å². The third-order valence-corrected chi connectivity index (χ3v) is 10.5. The number of fused-ring (bicyclic) bond motifs is 1. The van der Waals surface area contributed by atoms with E-state index in [9.17, 15) is 33.0 Å². The van der Waals surface area contributed by atoms with Gasteiger partial charge in [0.1, 0.15) is 24.6 Å². The Kier molecular flexibility index (Phi) is 6.71. The number of aliphatic carboxylic acids is 1. The first-order chi connectivity index (χ1) is 20.0. The highest BCUT2D eigenvalue weighted by atomic mass is 32.2. The van der Waals surface area contributed by atoms with E-state index in [4.69, 9.17) is 5.11 Å². The fourth-order valence-corrected chi connectivity index (χ4v) is 8.22. The molecule has 0 aliphatic carbocycles. The third kappa shape index (κ3) is 4.06. The summed E-state index contributed by atoms with van der Waals surface area (Å²) in [5, 5.41) is 30.2. The molecule has 6 rings (SSSR count). The minimum Gasteiger partial charge on any atom is -0.477 e. The largest absolute Gasteiger partial charge is 0.477 e. The van der Waals surface area contributed by atoms with Crippen molar-refractivity contribution in [2.24, 2.45) is 11.8 Å². The molecule has 3 aromatic rings. The number of aliphatic hydroxyl groups excluding tert-OH is 2. The number of nitrogens with zero attached hydrogens (tertiary/aromatic N) is 4. The minimum absolute atomic E-state index is 0.0240. The van der Waals surface area contributed by atoms with E-state index in [-0.39, 0.29) is 28.3 Å². The second kappa shape index (κ2) is 10.0. The van der Waals surface area contributed by atoms with E-state index in [1.807, 2.05) is 27.9 Å². The molecule has 0 unspecified atom stereocenters. The molecule has 1 fully saturated rings. The van der Waals surface area contributed by atoms with Crippen molar-refractivity contribution in [3.63, 3.8) is 0 Å². The van der Waals surface area contributed by atoms with Crippen LogP contribution in [-0.4, -0.2) is 80.6 Å². The first-order valence-electron chi connectivity index (χ1n) is 13.7. The van der Waals surface area contributed by atoms with Crippen LogP contribution >= 0.6 is 0 Å². The fraction of sp³-hybridized carbons (Fsp3) is 0.379. The van der Waals surface area contributed by atoms with Gasteiger partial charge < -0.3 is 20.2 Å². The van der Waals surface area contributed by atoms with Crippen LogP contribution in [0.4, 0.5) is 0 Å². The monoisotopic (exact) mass is 595 g/mol. The number of sulfonamides is 1. The SMILES string of the molecule is C[C@@H](O)[C@H]1C(=O)N2C(C(=O)O)=C(CN3C(=O)c4cccc5c(CCn6cc[n+](CCO)c6)ccc(c45)S3(=O)=O)[C@H](C)[C@H]12. The average Bonchev–Trinajstić information content (AvgIpc) is 3.48. The van der Waals surface area contributed by atoms with Gasteiger partial charge in [0.2, 0.25) is 12.2 Å². The van der Waals surface area contributed by atoms with E-state index in [1.54, 1.807) is 31.2 Å². The second-order valence-electron chi connectivity index (χ2n) is 11.1. The van der Waals surface area contributed by atoms with Gasteiger partial charge in [0.15, 0.2) is 0 Å². The lowest BCUT2D eigenvalue weighted by Gasteiger charge is -2.46. The highest BCUT2D eigenvalue weighted by Gasteiger charge is 2.60. The number of hydrogen-bond donors (Lipinski definition) is 3. The fourth-order valence-electron chi connectivity index (χ4n) is 6.64. The first-order valence-corrected chi connectivity index (χ1v) is 15.2. The molecule has 13 heteroatoms. The number of carboxylic acid groups (broad SMARTS) is 1. The van der Waals surface area contributed by atoms with E-state index in [0.717, 1.165) is 10.5 Å². The maximum absolute atomic E-state index is 13.9. The summed E-state index contributed by atoms with van der Waals surface area (Å²) in [5.41, 5.74) is 0.882. The van der Waals surface area contributed by atoms with Crippen LogP contribution in [0.3, 0.4) is 0 Å². The number of hydrogen-bond acceptors (Lipinski definition) is 7. The van der Waals surface area contributed by atoms with Crippen molar-refractivity contribution in [1.29, 1.82) is 0 Å². The molecule has 12 nitrogen and oxygen atoms in total. The number of carbonyl (C=O) groups excluding carboxylic acids is 2. The summed E-state index contributed by atoms with van der Waals surface area (Å²) < 4.78 is 32.4. The molecule has 3 aliphatic heterocycles. The summed E-state index contributed by atoms with van der Waals surface area (Å²) in [6.45, 7) is 3.72. The smallest absolute Gasteiger partial charge is 0.352 e. The first kappa shape index (κ1) is 28.1. The zero-order valence-corrected chi connectivity index (χ0v) is 23.9. The molecule has 3 aliphatic rings. The summed E-state index contributed by atoms with van der Waals surface area (Å²) in [7, 11) is -4.37. The van der Waals surface area contributed by atoms with Gasteiger partial charge in [-0.25, -0.2) is 26.7 Å². The summed E-state index contributed by atoms with van der Waals surface area (Å²) in [6.07, 6.45) is 5.17. The van der Waals surface area contributed by atoms with Crippen molar-refractivity contribution in [3.05, 3.63) is 71.4 Å². The number of rotatable bonds is 9. The third-order valence-electron chi connectivity index (χ3n) is 8.69. The van der Waals surface area contributed by atoms with E-state index < -0.39 is 58.3 Å². The zero-order chi connectivity index (χ0) is 30.1. The molecule has 4 atom stereocenters. The van der Waals surface area contributed by atoms with Gasteiger partial charge in [0.05, 0.1) is 42.7 Å². The summed E-state index contributed by atoms with van der Waals surface area (Å²) in [4.78, 5) is 39.8. The molecule has 0 spiro atoms. The molecule has 1 saturated heterocycles. The highest BCUT2D eigenvalue weighted by molar-refractivity contribution is 7.90. The maximum atomic E-state index is 13.9. The quantitative estimate of drug-likeness (QED) is 0.238. The van der Waals surface area contributed by atoms with E-state index in [0.29, 0.717) is 34.6 Å². The molecule has 0 bridgehead atoms. The van der Waals surface area contributed by atoms with E-state index in [2.05, 4.69) is 0 Å². The average molecular weight is 596 g/mol. The van der Waals surface area contributed by atoms with Crippen LogP contribution in [0.15, 0.2) is 65.2 Å². The van der Waals surface area contributed by atoms with Crippen LogP contribution in [0, 0.1) is 11.8 Å². The Morgan fingerprint density at radius 1 is 1.17 bits per heavy atom. The van der Waals surface area contributed by atoms with Crippen molar-refractivity contribution >= 4 is 38.6 Å². The number of β-lactam (4-membered cyclic amide) rings is 1. The van der Waals surface area contributed by atoms with Crippen molar-refractivity contribution in [2.75, 3.05) is 13.2 Å². The van der Waals surface area contributed by atoms with Crippen LogP contribution < -0.4 is 4.57 Å². The Labute approximate surface area is 241 Å². The number of imidazole rings is 1. The number of amides is 2. The lowest BCUT2D eigenvalue weighted by molar-refractivity contribution is -0.697. The second-order valence-corrected chi connectivity index (χ2v) is 12.9. The molecule has 2 amide bonds. The lowest BCUT2D eigenvalue weighted by Crippen LogP contribution is -2.63. The van der Waals surface area contributed by atoms with Gasteiger partial charge in [-0.05, 0) is 35.6 Å². The molecule has 4 heterocycles. The van der Waals surface area contributed by atoms with Gasteiger partial charge in [-0.1, -0.05) is 25.1 Å². The van der Waals surface area contributed by atoms with Gasteiger partial charge in [-0.2, -0.15) is 0 Å². The Morgan fingerprint density at radius 2 is 1.93 bits per heavy atom. The van der Waals surface area contributed by atoms with Gasteiger partial charge in [0, 0.05) is 23.3 Å². The Balaban J connectivity index is 1.35. The number of aryl methyl sites for hydroxylation is 2. The minimum atomic E-state index is -4.37. The van der Waals surface area contributed by atoms with Crippen LogP contribution in [0.25, 0.3) is 10.8 Å². The topological polar surface area (TPSA) is 161 Å². The van der Waals surface area contributed by atoms with Crippen molar-refractivity contribution in [3.8, 4) is 0 Å². The molecule has 2 aromatic carbocycles. The molecule has 0 saturated carbocycles. The van der Waals surface area contributed by atoms with Crippen LogP contribution in [-0.2, 0) is 39.1 Å². The zero-order valence-electron chi connectivity index (χ0n) is 23.0. The molecule has 1 aromatic heterocycles. The van der Waals surface area contributed by atoms with Crippen molar-refractivity contribution in [1.82, 2.24) is 13.8 Å². The molecule has 3 N–H and O–H groups in total. The lowest BCUT2D eigenvalue weighted by atomic mass is 9.78. The van der Waals surface area contributed by atoms with Gasteiger partial charge >= 0.3 is 5.97 Å². The molecule has 220 valence electrons. The standard InChI is InChI=1S/C29H30N4O8S/c1-16-21(26(29(38)39)33-25(16)23(17(2)35)28(33)37)14-32-27(36)20-5-3-4-19-18(6-7-22(24(19)20)42(32,40)41)8-9-30-10-11-31(15-30)12-13-34/h3-7,10-11,15-17,23,25,34-35H,8-9,12-14H2,1-2H3/p+1/t16-,17+,23+,25+/m0/s1. The Bertz CT molecular complexity index is 1790. The van der Waals surface area contributed by atoms with Gasteiger partial charge in [-0.15, -0.1) is 0 Å².